The summed E-state index contributed by atoms with van der Waals surface area (Å²) >= 11 is 0. The maximum atomic E-state index is 10.7. The second-order valence-electron chi connectivity index (χ2n) is 7.30. The van der Waals surface area contributed by atoms with E-state index in [1.54, 1.807) is 0 Å². The molecule has 0 unspecified atom stereocenters. The van der Waals surface area contributed by atoms with E-state index >= 15 is 0 Å². The van der Waals surface area contributed by atoms with Crippen LogP contribution in [0.3, 0.4) is 0 Å². The molecule has 0 bridgehead atoms. The summed E-state index contributed by atoms with van der Waals surface area (Å²) in [6.07, 6.45) is 0.969. The first kappa shape index (κ1) is 15.1. The van der Waals surface area contributed by atoms with Crippen molar-refractivity contribution in [2.24, 2.45) is 0 Å². The van der Waals surface area contributed by atoms with Crippen LogP contribution in [0.5, 0.6) is 5.75 Å². The summed E-state index contributed by atoms with van der Waals surface area (Å²) in [5.74, 6) is 0.498. The average Bonchev–Trinajstić information content (AvgIpc) is 2.16. The van der Waals surface area contributed by atoms with Gasteiger partial charge in [-0.05, 0) is 40.9 Å². The Morgan fingerprint density at radius 1 is 1.00 bits per heavy atom. The fraction of sp³-hybridized carbons (Fsp3) is 0.647. The van der Waals surface area contributed by atoms with Crippen LogP contribution in [0, 0.1) is 6.92 Å². The topological polar surface area (TPSA) is 20.2 Å². The molecule has 1 aromatic carbocycles. The van der Waals surface area contributed by atoms with E-state index < -0.39 is 0 Å². The Morgan fingerprint density at radius 3 is 1.83 bits per heavy atom. The van der Waals surface area contributed by atoms with E-state index in [4.69, 9.17) is 0 Å². The molecule has 0 aliphatic heterocycles. The Balaban J connectivity index is 3.71. The highest BCUT2D eigenvalue weighted by Crippen LogP contribution is 2.42. The predicted molar refractivity (Wildman–Crippen MR) is 79.6 cm³/mol. The molecule has 0 fully saturated rings. The van der Waals surface area contributed by atoms with Gasteiger partial charge in [0.2, 0.25) is 0 Å². The van der Waals surface area contributed by atoms with Gasteiger partial charge in [0.05, 0.1) is 0 Å². The minimum atomic E-state index is -0.0267. The molecule has 0 amide bonds. The standard InChI is InChI=1S/C17H28O/c1-9-12-11(2)10-13(16(3,4)5)15(18)14(12)17(6,7)8/h10,18H,9H2,1-8H3. The largest absolute Gasteiger partial charge is 0.507 e. The van der Waals surface area contributed by atoms with Crippen LogP contribution in [-0.2, 0) is 17.3 Å². The van der Waals surface area contributed by atoms with E-state index in [1.807, 2.05) is 0 Å². The van der Waals surface area contributed by atoms with Crippen molar-refractivity contribution in [3.63, 3.8) is 0 Å². The number of phenols is 1. The molecule has 0 aromatic heterocycles. The monoisotopic (exact) mass is 248 g/mol. The Morgan fingerprint density at radius 2 is 1.50 bits per heavy atom. The SMILES string of the molecule is CCc1c(C)cc(C(C)(C)C)c(O)c1C(C)(C)C. The first-order chi connectivity index (χ1) is 8.00. The van der Waals surface area contributed by atoms with Crippen molar-refractivity contribution in [3.05, 3.63) is 28.3 Å². The fourth-order valence-electron chi connectivity index (χ4n) is 2.68. The highest BCUT2D eigenvalue weighted by molar-refractivity contribution is 5.54. The molecule has 102 valence electrons. The van der Waals surface area contributed by atoms with Gasteiger partial charge in [-0.15, -0.1) is 0 Å². The van der Waals surface area contributed by atoms with Crippen molar-refractivity contribution >= 4 is 0 Å². The van der Waals surface area contributed by atoms with Crippen LogP contribution in [0.2, 0.25) is 0 Å². The molecular weight excluding hydrogens is 220 g/mol. The molecule has 1 N–H and O–H groups in total. The second-order valence-corrected chi connectivity index (χ2v) is 7.30. The van der Waals surface area contributed by atoms with Crippen molar-refractivity contribution in [2.45, 2.75) is 72.6 Å². The minimum Gasteiger partial charge on any atom is -0.507 e. The van der Waals surface area contributed by atoms with Gasteiger partial charge in [-0.2, -0.15) is 0 Å². The summed E-state index contributed by atoms with van der Waals surface area (Å²) in [4.78, 5) is 0. The molecule has 1 rings (SSSR count). The maximum Gasteiger partial charge on any atom is 0.123 e. The molecule has 0 radical (unpaired) electrons. The second kappa shape index (κ2) is 4.60. The van der Waals surface area contributed by atoms with E-state index in [-0.39, 0.29) is 10.8 Å². The number of aromatic hydroxyl groups is 1. The van der Waals surface area contributed by atoms with Gasteiger partial charge in [-0.25, -0.2) is 0 Å². The minimum absolute atomic E-state index is 0.0263. The van der Waals surface area contributed by atoms with Gasteiger partial charge in [0, 0.05) is 5.56 Å². The van der Waals surface area contributed by atoms with Gasteiger partial charge in [0.25, 0.3) is 0 Å². The lowest BCUT2D eigenvalue weighted by Crippen LogP contribution is -2.20. The maximum absolute atomic E-state index is 10.7. The normalized spacial score (nSPS) is 12.9. The van der Waals surface area contributed by atoms with E-state index in [9.17, 15) is 5.11 Å². The Bertz CT molecular complexity index is 442. The van der Waals surface area contributed by atoms with Crippen LogP contribution < -0.4 is 0 Å². The van der Waals surface area contributed by atoms with Gasteiger partial charge < -0.3 is 5.11 Å². The highest BCUT2D eigenvalue weighted by atomic mass is 16.3. The van der Waals surface area contributed by atoms with Crippen molar-refractivity contribution in [2.75, 3.05) is 0 Å². The number of phenolic OH excluding ortho intramolecular Hbond substituents is 1. The molecule has 0 saturated carbocycles. The molecule has 0 aliphatic carbocycles. The molecule has 1 nitrogen and oxygen atoms in total. The van der Waals surface area contributed by atoms with Crippen LogP contribution >= 0.6 is 0 Å². The van der Waals surface area contributed by atoms with Gasteiger partial charge in [0.15, 0.2) is 0 Å². The molecule has 0 atom stereocenters. The zero-order chi connectivity index (χ0) is 14.3. The Labute approximate surface area is 112 Å². The lowest BCUT2D eigenvalue weighted by atomic mass is 9.75. The highest BCUT2D eigenvalue weighted by Gasteiger charge is 2.28. The zero-order valence-electron chi connectivity index (χ0n) is 13.2. The van der Waals surface area contributed by atoms with Crippen molar-refractivity contribution < 1.29 is 5.11 Å². The van der Waals surface area contributed by atoms with Crippen LogP contribution in [0.4, 0.5) is 0 Å². The first-order valence-corrected chi connectivity index (χ1v) is 6.86. The number of hydrogen-bond donors (Lipinski definition) is 1. The third-order valence-electron chi connectivity index (χ3n) is 3.54. The summed E-state index contributed by atoms with van der Waals surface area (Å²) in [6.45, 7) is 17.3. The molecule has 0 aliphatic rings. The van der Waals surface area contributed by atoms with E-state index in [0.717, 1.165) is 17.5 Å². The number of hydrogen-bond acceptors (Lipinski definition) is 1. The number of rotatable bonds is 1. The summed E-state index contributed by atoms with van der Waals surface area (Å²) in [5, 5.41) is 10.7. The Kier molecular flexibility index (Phi) is 3.86. The molecule has 1 heteroatoms. The molecule has 0 heterocycles. The first-order valence-electron chi connectivity index (χ1n) is 6.86. The molecular formula is C17H28O. The lowest BCUT2D eigenvalue weighted by molar-refractivity contribution is 0.421. The van der Waals surface area contributed by atoms with Gasteiger partial charge in [-0.1, -0.05) is 54.5 Å². The van der Waals surface area contributed by atoms with Gasteiger partial charge in [-0.3, -0.25) is 0 Å². The lowest BCUT2D eigenvalue weighted by Gasteiger charge is -2.30. The van der Waals surface area contributed by atoms with E-state index in [2.05, 4.69) is 61.5 Å². The third kappa shape index (κ3) is 2.71. The van der Waals surface area contributed by atoms with E-state index in [1.165, 1.54) is 11.1 Å². The quantitative estimate of drug-likeness (QED) is 0.752. The average molecular weight is 248 g/mol. The molecule has 0 saturated heterocycles. The van der Waals surface area contributed by atoms with Crippen LogP contribution in [0.1, 0.15) is 70.7 Å². The molecule has 1 aromatic rings. The van der Waals surface area contributed by atoms with Crippen molar-refractivity contribution in [1.29, 1.82) is 0 Å². The Hall–Kier alpha value is -0.980. The summed E-state index contributed by atoms with van der Waals surface area (Å²) in [6, 6.07) is 2.16. The number of benzene rings is 1. The van der Waals surface area contributed by atoms with Crippen LogP contribution in [0.15, 0.2) is 6.07 Å². The van der Waals surface area contributed by atoms with Gasteiger partial charge >= 0.3 is 0 Å². The zero-order valence-corrected chi connectivity index (χ0v) is 13.2. The van der Waals surface area contributed by atoms with Gasteiger partial charge in [0.1, 0.15) is 5.75 Å². The molecule has 0 spiro atoms. The number of aryl methyl sites for hydroxylation is 1. The van der Waals surface area contributed by atoms with Crippen LogP contribution in [0.25, 0.3) is 0 Å². The van der Waals surface area contributed by atoms with Crippen molar-refractivity contribution in [1.82, 2.24) is 0 Å². The molecule has 18 heavy (non-hydrogen) atoms. The third-order valence-corrected chi connectivity index (χ3v) is 3.54. The summed E-state index contributed by atoms with van der Waals surface area (Å²) < 4.78 is 0. The predicted octanol–water partition coefficient (Wildman–Crippen LogP) is 4.86. The smallest absolute Gasteiger partial charge is 0.123 e. The van der Waals surface area contributed by atoms with Crippen LogP contribution in [-0.4, -0.2) is 5.11 Å². The fourth-order valence-corrected chi connectivity index (χ4v) is 2.68. The summed E-state index contributed by atoms with van der Waals surface area (Å²) in [7, 11) is 0. The summed E-state index contributed by atoms with van der Waals surface area (Å²) in [5.41, 5.74) is 4.72. The van der Waals surface area contributed by atoms with E-state index in [0.29, 0.717) is 5.75 Å². The van der Waals surface area contributed by atoms with Crippen molar-refractivity contribution in [3.8, 4) is 5.75 Å².